The van der Waals surface area contributed by atoms with Crippen LogP contribution in [0.5, 0.6) is 0 Å². The quantitative estimate of drug-likeness (QED) is 0.823. The molecule has 5 nitrogen and oxygen atoms in total. The van der Waals surface area contributed by atoms with Gasteiger partial charge in [-0.1, -0.05) is 6.07 Å². The Morgan fingerprint density at radius 3 is 2.81 bits per heavy atom. The first-order valence-corrected chi connectivity index (χ1v) is 9.32. The van der Waals surface area contributed by atoms with Crippen molar-refractivity contribution in [2.24, 2.45) is 5.73 Å². The summed E-state index contributed by atoms with van der Waals surface area (Å²) in [6.07, 6.45) is 2.99. The number of sulfonamides is 1. The number of hydrogen-bond acceptors (Lipinski definition) is 4. The fraction of sp³-hybridized carbons (Fsp3) is 0.571. The summed E-state index contributed by atoms with van der Waals surface area (Å²) in [7, 11) is -3.58. The molecule has 2 rings (SSSR count). The maximum absolute atomic E-state index is 12.5. The van der Waals surface area contributed by atoms with Gasteiger partial charge in [0.1, 0.15) is 0 Å². The van der Waals surface area contributed by atoms with Crippen LogP contribution in [0.2, 0.25) is 0 Å². The van der Waals surface area contributed by atoms with Crippen LogP contribution in [-0.4, -0.2) is 27.7 Å². The summed E-state index contributed by atoms with van der Waals surface area (Å²) in [5.41, 5.74) is 7.27. The lowest BCUT2D eigenvalue weighted by Crippen LogP contribution is -2.35. The van der Waals surface area contributed by atoms with Crippen molar-refractivity contribution in [1.29, 1.82) is 0 Å². The lowest BCUT2D eigenvalue weighted by atomic mass is 10.1. The zero-order valence-corrected chi connectivity index (χ0v) is 14.5. The van der Waals surface area contributed by atoms with Crippen molar-refractivity contribution < 1.29 is 13.2 Å². The van der Waals surface area contributed by atoms with E-state index in [9.17, 15) is 8.42 Å². The number of nitrogens with one attached hydrogen (secondary N) is 1. The Bertz CT molecular complexity index is 598. The highest BCUT2D eigenvalue weighted by molar-refractivity contribution is 9.10. The Morgan fingerprint density at radius 1 is 1.43 bits per heavy atom. The summed E-state index contributed by atoms with van der Waals surface area (Å²) < 4.78 is 33.7. The van der Waals surface area contributed by atoms with E-state index in [4.69, 9.17) is 10.5 Å². The molecule has 1 aliphatic rings. The predicted molar refractivity (Wildman–Crippen MR) is 85.5 cm³/mol. The van der Waals surface area contributed by atoms with Gasteiger partial charge in [0.15, 0.2) is 0 Å². The van der Waals surface area contributed by atoms with E-state index in [0.29, 0.717) is 24.2 Å². The third-order valence-electron chi connectivity index (χ3n) is 3.58. The van der Waals surface area contributed by atoms with Crippen molar-refractivity contribution in [3.8, 4) is 0 Å². The highest BCUT2D eigenvalue weighted by Gasteiger charge is 2.22. The minimum atomic E-state index is -3.58. The molecule has 0 amide bonds. The molecule has 1 saturated heterocycles. The molecule has 1 aliphatic heterocycles. The minimum Gasteiger partial charge on any atom is -0.377 e. The topological polar surface area (TPSA) is 81.4 Å². The lowest BCUT2D eigenvalue weighted by molar-refractivity contribution is 0.0200. The second kappa shape index (κ2) is 7.19. The molecule has 0 bridgehead atoms. The number of aryl methyl sites for hydroxylation is 1. The molecule has 21 heavy (non-hydrogen) atoms. The number of halogens is 1. The van der Waals surface area contributed by atoms with E-state index in [1.54, 1.807) is 6.07 Å². The van der Waals surface area contributed by atoms with Crippen LogP contribution in [0.15, 0.2) is 21.5 Å². The van der Waals surface area contributed by atoms with E-state index < -0.39 is 10.0 Å². The van der Waals surface area contributed by atoms with Crippen molar-refractivity contribution in [3.63, 3.8) is 0 Å². The molecule has 1 fully saturated rings. The fourth-order valence-corrected chi connectivity index (χ4v) is 4.50. The highest BCUT2D eigenvalue weighted by Crippen LogP contribution is 2.27. The highest BCUT2D eigenvalue weighted by atomic mass is 79.9. The predicted octanol–water partition coefficient (Wildman–Crippen LogP) is 2.06. The third-order valence-corrected chi connectivity index (χ3v) is 6.34. The van der Waals surface area contributed by atoms with Gasteiger partial charge in [0.05, 0.1) is 11.0 Å². The summed E-state index contributed by atoms with van der Waals surface area (Å²) in [5, 5.41) is 0. The first kappa shape index (κ1) is 16.9. The maximum atomic E-state index is 12.5. The van der Waals surface area contributed by atoms with Crippen molar-refractivity contribution in [2.45, 2.75) is 43.7 Å². The van der Waals surface area contributed by atoms with E-state index in [1.165, 1.54) is 0 Å². The van der Waals surface area contributed by atoms with Gasteiger partial charge in [-0.05, 0) is 59.3 Å². The Balaban J connectivity index is 2.16. The molecular weight excluding hydrogens is 356 g/mol. The Kier molecular flexibility index (Phi) is 5.79. The molecule has 1 aromatic carbocycles. The first-order chi connectivity index (χ1) is 9.94. The number of rotatable bonds is 5. The maximum Gasteiger partial charge on any atom is 0.241 e. The van der Waals surface area contributed by atoms with Crippen LogP contribution in [0, 0.1) is 6.92 Å². The van der Waals surface area contributed by atoms with E-state index in [1.807, 2.05) is 13.0 Å². The fourth-order valence-electron chi connectivity index (χ4n) is 2.37. The number of nitrogens with two attached hydrogens (primary N) is 1. The van der Waals surface area contributed by atoms with Gasteiger partial charge in [-0.2, -0.15) is 0 Å². The van der Waals surface area contributed by atoms with Crippen molar-refractivity contribution in [1.82, 2.24) is 4.72 Å². The Hall–Kier alpha value is -0.470. The standard InChI is InChI=1S/C14H21BrN2O3S/c1-10-6-11(8-16)7-13(14(10)15)21(18,19)17-9-12-4-2-3-5-20-12/h6-7,12,17H,2-5,8-9,16H2,1H3. The van der Waals surface area contributed by atoms with Crippen LogP contribution < -0.4 is 10.5 Å². The van der Waals surface area contributed by atoms with Gasteiger partial charge < -0.3 is 10.5 Å². The molecule has 0 radical (unpaired) electrons. The van der Waals surface area contributed by atoms with E-state index in [0.717, 1.165) is 30.4 Å². The molecule has 1 aromatic rings. The van der Waals surface area contributed by atoms with Gasteiger partial charge in [-0.15, -0.1) is 0 Å². The normalized spacial score (nSPS) is 19.7. The molecule has 1 heterocycles. The molecule has 3 N–H and O–H groups in total. The largest absolute Gasteiger partial charge is 0.377 e. The van der Waals surface area contributed by atoms with E-state index in [2.05, 4.69) is 20.7 Å². The Labute approximate surface area is 134 Å². The molecule has 1 unspecified atom stereocenters. The average Bonchev–Trinajstić information content (AvgIpc) is 2.48. The van der Waals surface area contributed by atoms with Crippen molar-refractivity contribution >= 4 is 26.0 Å². The van der Waals surface area contributed by atoms with Crippen LogP contribution in [0.25, 0.3) is 0 Å². The van der Waals surface area contributed by atoms with Crippen molar-refractivity contribution in [2.75, 3.05) is 13.2 Å². The minimum absolute atomic E-state index is 0.0360. The van der Waals surface area contributed by atoms with Crippen LogP contribution in [0.3, 0.4) is 0 Å². The average molecular weight is 377 g/mol. The van der Waals surface area contributed by atoms with Crippen LogP contribution in [0.4, 0.5) is 0 Å². The van der Waals surface area contributed by atoms with E-state index >= 15 is 0 Å². The molecule has 0 aromatic heterocycles. The van der Waals surface area contributed by atoms with Gasteiger partial charge in [0, 0.05) is 24.2 Å². The van der Waals surface area contributed by atoms with E-state index in [-0.39, 0.29) is 11.0 Å². The lowest BCUT2D eigenvalue weighted by Gasteiger charge is -2.23. The second-order valence-corrected chi connectivity index (χ2v) is 7.80. The number of ether oxygens (including phenoxy) is 1. The summed E-state index contributed by atoms with van der Waals surface area (Å²) in [4.78, 5) is 0.235. The summed E-state index contributed by atoms with van der Waals surface area (Å²) in [6, 6.07) is 3.49. The third kappa shape index (κ3) is 4.26. The molecule has 0 aliphatic carbocycles. The molecule has 7 heteroatoms. The monoisotopic (exact) mass is 376 g/mol. The second-order valence-electron chi connectivity index (χ2n) is 5.27. The summed E-state index contributed by atoms with van der Waals surface area (Å²) in [5.74, 6) is 0. The zero-order valence-electron chi connectivity index (χ0n) is 12.1. The van der Waals surface area contributed by atoms with Crippen LogP contribution in [0.1, 0.15) is 30.4 Å². The summed E-state index contributed by atoms with van der Waals surface area (Å²) >= 11 is 3.35. The molecule has 0 saturated carbocycles. The van der Waals surface area contributed by atoms with Gasteiger partial charge in [0.25, 0.3) is 0 Å². The van der Waals surface area contributed by atoms with Gasteiger partial charge in [-0.25, -0.2) is 13.1 Å². The smallest absolute Gasteiger partial charge is 0.241 e. The summed E-state index contributed by atoms with van der Waals surface area (Å²) in [6.45, 7) is 3.17. The van der Waals surface area contributed by atoms with Gasteiger partial charge in [-0.3, -0.25) is 0 Å². The SMILES string of the molecule is Cc1cc(CN)cc(S(=O)(=O)NCC2CCCCO2)c1Br. The zero-order chi connectivity index (χ0) is 15.5. The molecule has 1 atom stereocenters. The van der Waals surface area contributed by atoms with Crippen molar-refractivity contribution in [3.05, 3.63) is 27.7 Å². The molecule has 118 valence electrons. The number of hydrogen-bond donors (Lipinski definition) is 2. The van der Waals surface area contributed by atoms with Gasteiger partial charge in [0.2, 0.25) is 10.0 Å². The molecular formula is C14H21BrN2O3S. The van der Waals surface area contributed by atoms with Crippen LogP contribution in [-0.2, 0) is 21.3 Å². The molecule has 0 spiro atoms. The van der Waals surface area contributed by atoms with Gasteiger partial charge >= 0.3 is 0 Å². The Morgan fingerprint density at radius 2 is 2.19 bits per heavy atom. The van der Waals surface area contributed by atoms with Crippen LogP contribution >= 0.6 is 15.9 Å². The number of benzene rings is 1. The first-order valence-electron chi connectivity index (χ1n) is 7.04.